The summed E-state index contributed by atoms with van der Waals surface area (Å²) in [6, 6.07) is 6.39. The van der Waals surface area contributed by atoms with Crippen molar-refractivity contribution >= 4 is 23.5 Å². The van der Waals surface area contributed by atoms with Crippen LogP contribution in [0.3, 0.4) is 0 Å². The molecular formula is C19H24ClN3O3. The second-order valence-electron chi connectivity index (χ2n) is 6.80. The van der Waals surface area contributed by atoms with E-state index < -0.39 is 12.0 Å². The quantitative estimate of drug-likeness (QED) is 0.775. The molecular weight excluding hydrogens is 354 g/mol. The van der Waals surface area contributed by atoms with Gasteiger partial charge < -0.3 is 10.4 Å². The van der Waals surface area contributed by atoms with Crippen LogP contribution in [-0.4, -0.2) is 32.8 Å². The zero-order valence-corrected chi connectivity index (χ0v) is 16.2. The van der Waals surface area contributed by atoms with Gasteiger partial charge in [-0.1, -0.05) is 25.4 Å². The van der Waals surface area contributed by atoms with Crippen molar-refractivity contribution in [3.05, 3.63) is 46.2 Å². The molecule has 0 spiro atoms. The predicted molar refractivity (Wildman–Crippen MR) is 101 cm³/mol. The first-order valence-electron chi connectivity index (χ1n) is 8.52. The predicted octanol–water partition coefficient (Wildman–Crippen LogP) is 3.30. The maximum atomic E-state index is 12.4. The van der Waals surface area contributed by atoms with E-state index in [1.807, 2.05) is 39.8 Å². The number of rotatable bonds is 7. The Morgan fingerprint density at radius 1 is 1.23 bits per heavy atom. The van der Waals surface area contributed by atoms with Crippen molar-refractivity contribution in [3.63, 3.8) is 0 Å². The average Bonchev–Trinajstić information content (AvgIpc) is 2.82. The van der Waals surface area contributed by atoms with Crippen LogP contribution in [0.1, 0.15) is 37.2 Å². The van der Waals surface area contributed by atoms with E-state index in [9.17, 15) is 14.7 Å². The molecule has 0 unspecified atom stereocenters. The van der Waals surface area contributed by atoms with Gasteiger partial charge in [-0.25, -0.2) is 9.48 Å². The maximum Gasteiger partial charge on any atom is 0.326 e. The number of carbonyl (C=O) groups is 2. The van der Waals surface area contributed by atoms with E-state index in [0.717, 1.165) is 22.6 Å². The second kappa shape index (κ2) is 8.36. The van der Waals surface area contributed by atoms with Gasteiger partial charge >= 0.3 is 5.97 Å². The van der Waals surface area contributed by atoms with Crippen LogP contribution in [0.4, 0.5) is 0 Å². The van der Waals surface area contributed by atoms with Gasteiger partial charge in [0.2, 0.25) is 5.91 Å². The summed E-state index contributed by atoms with van der Waals surface area (Å²) in [5.41, 5.74) is 3.23. The first-order chi connectivity index (χ1) is 12.2. The number of nitrogens with zero attached hydrogens (tertiary/aromatic N) is 2. The minimum Gasteiger partial charge on any atom is -0.480 e. The Bertz CT molecular complexity index is 797. The summed E-state index contributed by atoms with van der Waals surface area (Å²) in [5.74, 6) is -1.16. The Labute approximate surface area is 158 Å². The summed E-state index contributed by atoms with van der Waals surface area (Å²) >= 11 is 5.92. The molecule has 0 aliphatic carbocycles. The number of aliphatic carboxylic acids is 1. The lowest BCUT2D eigenvalue weighted by Gasteiger charge is -2.16. The average molecular weight is 378 g/mol. The molecule has 0 aliphatic rings. The van der Waals surface area contributed by atoms with Gasteiger partial charge in [-0.05, 0) is 50.5 Å². The molecule has 0 fully saturated rings. The van der Waals surface area contributed by atoms with Crippen molar-refractivity contribution in [2.24, 2.45) is 5.92 Å². The van der Waals surface area contributed by atoms with Crippen LogP contribution in [0.2, 0.25) is 5.02 Å². The van der Waals surface area contributed by atoms with Gasteiger partial charge in [-0.2, -0.15) is 5.10 Å². The fraction of sp³-hybridized carbons (Fsp3) is 0.421. The fourth-order valence-electron chi connectivity index (χ4n) is 2.86. The molecule has 140 valence electrons. The monoisotopic (exact) mass is 377 g/mol. The van der Waals surface area contributed by atoms with Crippen LogP contribution >= 0.6 is 11.6 Å². The highest BCUT2D eigenvalue weighted by Gasteiger charge is 2.23. The Kier molecular flexibility index (Phi) is 6.42. The Hall–Kier alpha value is -2.34. The minimum atomic E-state index is -1.02. The van der Waals surface area contributed by atoms with Crippen molar-refractivity contribution in [1.29, 1.82) is 0 Å². The largest absolute Gasteiger partial charge is 0.480 e. The Balaban J connectivity index is 2.18. The molecule has 1 amide bonds. The summed E-state index contributed by atoms with van der Waals surface area (Å²) in [7, 11) is 0. The van der Waals surface area contributed by atoms with Crippen LogP contribution in [0.5, 0.6) is 0 Å². The SMILES string of the molecule is Cc1nn(-c2ccc(Cl)cc2)c(C)c1CC(=O)N[C@H](CC(C)C)C(=O)O. The van der Waals surface area contributed by atoms with E-state index in [0.29, 0.717) is 11.4 Å². The van der Waals surface area contributed by atoms with Crippen LogP contribution in [0.15, 0.2) is 24.3 Å². The summed E-state index contributed by atoms with van der Waals surface area (Å²) in [6.45, 7) is 7.57. The highest BCUT2D eigenvalue weighted by atomic mass is 35.5. The topological polar surface area (TPSA) is 84.2 Å². The van der Waals surface area contributed by atoms with Crippen molar-refractivity contribution < 1.29 is 14.7 Å². The summed E-state index contributed by atoms with van der Waals surface area (Å²) < 4.78 is 1.76. The third kappa shape index (κ3) is 4.85. The van der Waals surface area contributed by atoms with Crippen molar-refractivity contribution in [3.8, 4) is 5.69 Å². The third-order valence-corrected chi connectivity index (χ3v) is 4.44. The van der Waals surface area contributed by atoms with Crippen molar-refractivity contribution in [1.82, 2.24) is 15.1 Å². The molecule has 0 saturated heterocycles. The third-order valence-electron chi connectivity index (χ3n) is 4.19. The molecule has 1 atom stereocenters. The zero-order valence-electron chi connectivity index (χ0n) is 15.4. The molecule has 2 rings (SSSR count). The zero-order chi connectivity index (χ0) is 19.4. The summed E-state index contributed by atoms with van der Waals surface area (Å²) in [5, 5.41) is 17.0. The lowest BCUT2D eigenvalue weighted by Crippen LogP contribution is -2.42. The van der Waals surface area contributed by atoms with Gasteiger partial charge in [0.25, 0.3) is 0 Å². The molecule has 2 N–H and O–H groups in total. The van der Waals surface area contributed by atoms with Crippen LogP contribution < -0.4 is 5.32 Å². The maximum absolute atomic E-state index is 12.4. The Morgan fingerprint density at radius 2 is 1.85 bits per heavy atom. The van der Waals surface area contributed by atoms with Crippen LogP contribution in [-0.2, 0) is 16.0 Å². The number of carbonyl (C=O) groups excluding carboxylic acids is 1. The number of hydrogen-bond donors (Lipinski definition) is 2. The summed E-state index contributed by atoms with van der Waals surface area (Å²) in [6.07, 6.45) is 0.482. The lowest BCUT2D eigenvalue weighted by molar-refractivity contribution is -0.142. The number of aryl methyl sites for hydroxylation is 1. The van der Waals surface area contributed by atoms with Crippen LogP contribution in [0.25, 0.3) is 5.69 Å². The van der Waals surface area contributed by atoms with Crippen LogP contribution in [0, 0.1) is 19.8 Å². The lowest BCUT2D eigenvalue weighted by atomic mass is 10.0. The van der Waals surface area contributed by atoms with Crippen molar-refractivity contribution in [2.45, 2.75) is 46.6 Å². The molecule has 0 aliphatic heterocycles. The van der Waals surface area contributed by atoms with Crippen molar-refractivity contribution in [2.75, 3.05) is 0 Å². The van der Waals surface area contributed by atoms with Gasteiger partial charge in [0, 0.05) is 16.3 Å². The first-order valence-corrected chi connectivity index (χ1v) is 8.90. The number of carboxylic acid groups (broad SMARTS) is 1. The van der Waals surface area contributed by atoms with Gasteiger partial charge in [0.15, 0.2) is 0 Å². The molecule has 26 heavy (non-hydrogen) atoms. The summed E-state index contributed by atoms with van der Waals surface area (Å²) in [4.78, 5) is 23.7. The van der Waals surface area contributed by atoms with E-state index in [2.05, 4.69) is 10.4 Å². The number of nitrogens with one attached hydrogen (secondary N) is 1. The molecule has 2 aromatic rings. The molecule has 7 heteroatoms. The van der Waals surface area contributed by atoms with Gasteiger partial charge in [0.05, 0.1) is 17.8 Å². The molecule has 1 aromatic heterocycles. The number of aromatic nitrogens is 2. The molecule has 0 bridgehead atoms. The number of benzene rings is 1. The number of hydrogen-bond acceptors (Lipinski definition) is 3. The van der Waals surface area contributed by atoms with E-state index in [4.69, 9.17) is 11.6 Å². The molecule has 6 nitrogen and oxygen atoms in total. The highest BCUT2D eigenvalue weighted by molar-refractivity contribution is 6.30. The van der Waals surface area contributed by atoms with E-state index in [-0.39, 0.29) is 18.2 Å². The minimum absolute atomic E-state index is 0.0904. The number of amides is 1. The molecule has 1 aromatic carbocycles. The second-order valence-corrected chi connectivity index (χ2v) is 7.24. The highest BCUT2D eigenvalue weighted by Crippen LogP contribution is 2.20. The fourth-order valence-corrected chi connectivity index (χ4v) is 2.99. The number of halogens is 1. The van der Waals surface area contributed by atoms with Gasteiger partial charge in [-0.3, -0.25) is 4.79 Å². The molecule has 0 saturated carbocycles. The van der Waals surface area contributed by atoms with E-state index in [1.165, 1.54) is 0 Å². The Morgan fingerprint density at radius 3 is 2.38 bits per heavy atom. The number of carboxylic acids is 1. The van der Waals surface area contributed by atoms with E-state index in [1.54, 1.807) is 16.8 Å². The standard InChI is InChI=1S/C19H24ClN3O3/c1-11(2)9-17(19(25)26)21-18(24)10-16-12(3)22-23(13(16)4)15-7-5-14(20)6-8-15/h5-8,11,17H,9-10H2,1-4H3,(H,21,24)(H,25,26)/t17-/m1/s1. The first kappa shape index (κ1) is 20.0. The molecule has 0 radical (unpaired) electrons. The van der Waals surface area contributed by atoms with Gasteiger partial charge in [-0.15, -0.1) is 0 Å². The smallest absolute Gasteiger partial charge is 0.326 e. The normalized spacial score (nSPS) is 12.2. The molecule has 1 heterocycles. The van der Waals surface area contributed by atoms with Gasteiger partial charge in [0.1, 0.15) is 6.04 Å². The van der Waals surface area contributed by atoms with E-state index >= 15 is 0 Å².